The van der Waals surface area contributed by atoms with Crippen molar-refractivity contribution in [2.45, 2.75) is 58.0 Å². The summed E-state index contributed by atoms with van der Waals surface area (Å²) < 4.78 is 0. The van der Waals surface area contributed by atoms with Crippen molar-refractivity contribution < 1.29 is 4.79 Å². The van der Waals surface area contributed by atoms with E-state index in [9.17, 15) is 4.79 Å². The number of carbonyl (C=O) groups excluding carboxylic acids is 1. The molecule has 1 saturated heterocycles. The van der Waals surface area contributed by atoms with Crippen LogP contribution in [0.4, 0.5) is 5.69 Å². The lowest BCUT2D eigenvalue weighted by Crippen LogP contribution is -2.40. The van der Waals surface area contributed by atoms with Gasteiger partial charge >= 0.3 is 0 Å². The lowest BCUT2D eigenvalue weighted by atomic mass is 9.85. The maximum absolute atomic E-state index is 12.3. The normalized spacial score (nSPS) is 30.1. The van der Waals surface area contributed by atoms with Gasteiger partial charge in [-0.25, -0.2) is 0 Å². The summed E-state index contributed by atoms with van der Waals surface area (Å²) in [6.45, 7) is 3.83. The Morgan fingerprint density at radius 2 is 2.11 bits per heavy atom. The van der Waals surface area contributed by atoms with Crippen LogP contribution < -0.4 is 10.6 Å². The minimum absolute atomic E-state index is 0.0400. The Kier molecular flexibility index (Phi) is 3.31. The first-order valence-corrected chi connectivity index (χ1v) is 7.23. The van der Waals surface area contributed by atoms with Crippen molar-refractivity contribution in [3.63, 3.8) is 0 Å². The molecule has 2 heterocycles. The van der Waals surface area contributed by atoms with E-state index in [0.29, 0.717) is 12.0 Å². The van der Waals surface area contributed by atoms with Crippen molar-refractivity contribution >= 4 is 11.6 Å². The van der Waals surface area contributed by atoms with Crippen LogP contribution in [0.15, 0.2) is 0 Å². The van der Waals surface area contributed by atoms with E-state index in [-0.39, 0.29) is 11.9 Å². The zero-order valence-electron chi connectivity index (χ0n) is 11.6. The molecule has 2 fully saturated rings. The number of aryl methyl sites for hydroxylation is 2. The second-order valence-corrected chi connectivity index (χ2v) is 5.90. The molecule has 1 aromatic heterocycles. The minimum Gasteiger partial charge on any atom is -0.322 e. The lowest BCUT2D eigenvalue weighted by molar-refractivity contribution is -0.117. The fraction of sp³-hybridized carbons (Fsp3) is 0.714. The Bertz CT molecular complexity index is 448. The van der Waals surface area contributed by atoms with Crippen LogP contribution >= 0.6 is 0 Å². The number of aromatic amines is 1. The van der Waals surface area contributed by atoms with Crippen LogP contribution in [0, 0.1) is 19.8 Å². The Labute approximate surface area is 113 Å². The van der Waals surface area contributed by atoms with E-state index in [0.717, 1.165) is 23.5 Å². The molecule has 5 heteroatoms. The number of rotatable bonds is 2. The van der Waals surface area contributed by atoms with Gasteiger partial charge in [0.05, 0.1) is 23.1 Å². The number of fused-ring (bicyclic) bond motifs is 1. The smallest absolute Gasteiger partial charge is 0.241 e. The van der Waals surface area contributed by atoms with Crippen molar-refractivity contribution in [1.82, 2.24) is 15.5 Å². The first-order chi connectivity index (χ1) is 9.15. The number of hydrogen-bond acceptors (Lipinski definition) is 3. The van der Waals surface area contributed by atoms with Gasteiger partial charge in [-0.15, -0.1) is 0 Å². The zero-order valence-corrected chi connectivity index (χ0v) is 11.6. The molecule has 19 heavy (non-hydrogen) atoms. The van der Waals surface area contributed by atoms with Gasteiger partial charge in [-0.1, -0.05) is 12.8 Å². The summed E-state index contributed by atoms with van der Waals surface area (Å²) >= 11 is 0. The number of amides is 1. The third-order valence-corrected chi connectivity index (χ3v) is 4.56. The molecule has 3 atom stereocenters. The molecule has 3 N–H and O–H groups in total. The second-order valence-electron chi connectivity index (χ2n) is 5.90. The van der Waals surface area contributed by atoms with E-state index in [1.54, 1.807) is 0 Å². The third-order valence-electron chi connectivity index (χ3n) is 4.56. The quantitative estimate of drug-likeness (QED) is 0.762. The Hall–Kier alpha value is -1.36. The minimum atomic E-state index is -0.0400. The average Bonchev–Trinajstić information content (AvgIpc) is 2.97. The molecule has 0 radical (unpaired) electrons. The van der Waals surface area contributed by atoms with Crippen molar-refractivity contribution in [2.75, 3.05) is 5.32 Å². The van der Waals surface area contributed by atoms with Crippen LogP contribution in [-0.2, 0) is 4.79 Å². The highest BCUT2D eigenvalue weighted by molar-refractivity contribution is 5.96. The van der Waals surface area contributed by atoms with Gasteiger partial charge in [-0.3, -0.25) is 9.89 Å². The number of nitrogens with zero attached hydrogens (tertiary/aromatic N) is 1. The maximum atomic E-state index is 12.3. The molecule has 2 aliphatic rings. The van der Waals surface area contributed by atoms with Gasteiger partial charge in [0.1, 0.15) is 0 Å². The number of aromatic nitrogens is 2. The molecule has 0 spiro atoms. The SMILES string of the molecule is Cc1n[nH]c(C)c1NC(=O)C1CC2CCCCC2N1. The monoisotopic (exact) mass is 262 g/mol. The predicted molar refractivity (Wildman–Crippen MR) is 74.0 cm³/mol. The lowest BCUT2D eigenvalue weighted by Gasteiger charge is -2.24. The molecule has 3 rings (SSSR count). The van der Waals surface area contributed by atoms with Gasteiger partial charge in [-0.2, -0.15) is 5.10 Å². The summed E-state index contributed by atoms with van der Waals surface area (Å²) in [5.41, 5.74) is 2.60. The maximum Gasteiger partial charge on any atom is 0.241 e. The molecule has 3 unspecified atom stereocenters. The van der Waals surface area contributed by atoms with Crippen LogP contribution in [0.2, 0.25) is 0 Å². The Balaban J connectivity index is 1.65. The number of anilines is 1. The molecule has 5 nitrogen and oxygen atoms in total. The van der Waals surface area contributed by atoms with E-state index in [1.807, 2.05) is 13.8 Å². The average molecular weight is 262 g/mol. The van der Waals surface area contributed by atoms with E-state index < -0.39 is 0 Å². The van der Waals surface area contributed by atoms with Gasteiger partial charge in [0.25, 0.3) is 0 Å². The summed E-state index contributed by atoms with van der Waals surface area (Å²) in [5.74, 6) is 0.776. The summed E-state index contributed by atoms with van der Waals surface area (Å²) in [6, 6.07) is 0.512. The molecular formula is C14H22N4O. The summed E-state index contributed by atoms with van der Waals surface area (Å²) in [5, 5.41) is 13.5. The highest BCUT2D eigenvalue weighted by Crippen LogP contribution is 2.33. The van der Waals surface area contributed by atoms with Crippen LogP contribution in [0.25, 0.3) is 0 Å². The fourth-order valence-corrected chi connectivity index (χ4v) is 3.47. The topological polar surface area (TPSA) is 69.8 Å². The highest BCUT2D eigenvalue weighted by atomic mass is 16.2. The van der Waals surface area contributed by atoms with Crippen molar-refractivity contribution in [1.29, 1.82) is 0 Å². The standard InChI is InChI=1S/C14H22N4O/c1-8-13(9(2)18-17-8)16-14(19)12-7-10-5-3-4-6-11(10)15-12/h10-12,15H,3-7H2,1-2H3,(H,16,19)(H,17,18). The van der Waals surface area contributed by atoms with Crippen molar-refractivity contribution in [2.24, 2.45) is 5.92 Å². The molecule has 0 bridgehead atoms. The summed E-state index contributed by atoms with van der Waals surface area (Å²) in [4.78, 5) is 12.3. The van der Waals surface area contributed by atoms with Gasteiger partial charge in [0.15, 0.2) is 0 Å². The molecule has 1 aliphatic carbocycles. The largest absolute Gasteiger partial charge is 0.322 e. The predicted octanol–water partition coefficient (Wildman–Crippen LogP) is 1.89. The van der Waals surface area contributed by atoms with Crippen LogP contribution in [0.1, 0.15) is 43.5 Å². The molecular weight excluding hydrogens is 240 g/mol. The van der Waals surface area contributed by atoms with Gasteiger partial charge in [0.2, 0.25) is 5.91 Å². The Morgan fingerprint density at radius 1 is 1.32 bits per heavy atom. The molecule has 1 amide bonds. The van der Waals surface area contributed by atoms with E-state index in [2.05, 4.69) is 20.8 Å². The third kappa shape index (κ3) is 2.39. The van der Waals surface area contributed by atoms with E-state index in [1.165, 1.54) is 25.7 Å². The summed E-state index contributed by atoms with van der Waals surface area (Å²) in [7, 11) is 0. The second kappa shape index (κ2) is 4.96. The molecule has 1 aromatic rings. The number of H-pyrrole nitrogens is 1. The number of carbonyl (C=O) groups is 1. The number of nitrogens with one attached hydrogen (secondary N) is 3. The zero-order chi connectivity index (χ0) is 13.4. The van der Waals surface area contributed by atoms with Crippen LogP contribution in [0.3, 0.4) is 0 Å². The van der Waals surface area contributed by atoms with Crippen molar-refractivity contribution in [3.05, 3.63) is 11.4 Å². The van der Waals surface area contributed by atoms with Crippen LogP contribution in [-0.4, -0.2) is 28.2 Å². The first kappa shape index (κ1) is 12.7. The van der Waals surface area contributed by atoms with Gasteiger partial charge in [-0.05, 0) is 39.0 Å². The van der Waals surface area contributed by atoms with E-state index >= 15 is 0 Å². The first-order valence-electron chi connectivity index (χ1n) is 7.23. The highest BCUT2D eigenvalue weighted by Gasteiger charge is 2.38. The number of hydrogen-bond donors (Lipinski definition) is 3. The molecule has 0 aromatic carbocycles. The van der Waals surface area contributed by atoms with Crippen molar-refractivity contribution in [3.8, 4) is 0 Å². The molecule has 1 aliphatic heterocycles. The Morgan fingerprint density at radius 3 is 2.79 bits per heavy atom. The van der Waals surface area contributed by atoms with Crippen LogP contribution in [0.5, 0.6) is 0 Å². The molecule has 104 valence electrons. The molecule has 1 saturated carbocycles. The summed E-state index contributed by atoms with van der Waals surface area (Å²) in [6.07, 6.45) is 6.08. The fourth-order valence-electron chi connectivity index (χ4n) is 3.47. The van der Waals surface area contributed by atoms with E-state index in [4.69, 9.17) is 0 Å². The van der Waals surface area contributed by atoms with Gasteiger partial charge in [0, 0.05) is 6.04 Å². The van der Waals surface area contributed by atoms with Gasteiger partial charge < -0.3 is 10.6 Å².